The molecule has 0 spiro atoms. The highest BCUT2D eigenvalue weighted by Crippen LogP contribution is 2.40. The summed E-state index contributed by atoms with van der Waals surface area (Å²) in [7, 11) is 0. The van der Waals surface area contributed by atoms with Crippen LogP contribution in [0.5, 0.6) is 0 Å². The highest BCUT2D eigenvalue weighted by Gasteiger charge is 2.43. The Morgan fingerprint density at radius 2 is 1.67 bits per heavy atom. The van der Waals surface area contributed by atoms with Crippen molar-refractivity contribution in [3.63, 3.8) is 0 Å². The molecule has 0 amide bonds. The summed E-state index contributed by atoms with van der Waals surface area (Å²) >= 11 is 12.2. The molecule has 1 aliphatic heterocycles. The van der Waals surface area contributed by atoms with Crippen LogP contribution in [0.4, 0.5) is 5.69 Å². The lowest BCUT2D eigenvalue weighted by Gasteiger charge is -2.19. The predicted molar refractivity (Wildman–Crippen MR) is 114 cm³/mol. The lowest BCUT2D eigenvalue weighted by atomic mass is 9.83. The van der Waals surface area contributed by atoms with Gasteiger partial charge in [0.1, 0.15) is 11.6 Å². The van der Waals surface area contributed by atoms with Crippen LogP contribution in [0, 0.1) is 16.0 Å². The summed E-state index contributed by atoms with van der Waals surface area (Å²) in [6, 6.07) is 19.7. The molecule has 1 aliphatic rings. The number of Topliss-reactive ketones (excluding diaryl/α,β-unsaturated/α-hetero) is 1. The molecule has 0 fully saturated rings. The van der Waals surface area contributed by atoms with Crippen molar-refractivity contribution in [2.75, 3.05) is 0 Å². The van der Waals surface area contributed by atoms with E-state index in [2.05, 4.69) is 5.16 Å². The van der Waals surface area contributed by atoms with Gasteiger partial charge in [0.2, 0.25) is 0 Å². The number of oxime groups is 1. The Bertz CT molecular complexity index is 1160. The van der Waals surface area contributed by atoms with Crippen LogP contribution in [-0.4, -0.2) is 16.4 Å². The van der Waals surface area contributed by atoms with Gasteiger partial charge >= 0.3 is 0 Å². The number of hydrogen-bond acceptors (Lipinski definition) is 5. The van der Waals surface area contributed by atoms with Gasteiger partial charge in [0.15, 0.2) is 11.9 Å². The zero-order chi connectivity index (χ0) is 21.3. The third kappa shape index (κ3) is 3.67. The number of carbonyl (C=O) groups is 1. The van der Waals surface area contributed by atoms with E-state index in [1.807, 2.05) is 0 Å². The van der Waals surface area contributed by atoms with E-state index >= 15 is 0 Å². The minimum atomic E-state index is -0.897. The van der Waals surface area contributed by atoms with Crippen molar-refractivity contribution in [3.05, 3.63) is 110 Å². The van der Waals surface area contributed by atoms with Crippen LogP contribution in [-0.2, 0) is 4.84 Å². The molecule has 8 heteroatoms. The average Bonchev–Trinajstić information content (AvgIpc) is 3.20. The second-order valence-corrected chi connectivity index (χ2v) is 7.47. The molecule has 4 rings (SSSR count). The molecule has 30 heavy (non-hydrogen) atoms. The fourth-order valence-electron chi connectivity index (χ4n) is 3.43. The number of benzene rings is 3. The molecular weight excluding hydrogens is 427 g/mol. The fraction of sp³-hybridized carbons (Fsp3) is 0.0909. The third-order valence-electron chi connectivity index (χ3n) is 4.85. The third-order valence-corrected chi connectivity index (χ3v) is 5.59. The van der Waals surface area contributed by atoms with Gasteiger partial charge < -0.3 is 4.84 Å². The monoisotopic (exact) mass is 440 g/mol. The molecule has 6 nitrogen and oxygen atoms in total. The largest absolute Gasteiger partial charge is 0.386 e. The van der Waals surface area contributed by atoms with E-state index < -0.39 is 16.9 Å². The highest BCUT2D eigenvalue weighted by molar-refractivity contribution is 6.42. The number of nitro groups is 1. The maximum atomic E-state index is 13.5. The quantitative estimate of drug-likeness (QED) is 0.282. The van der Waals surface area contributed by atoms with Crippen molar-refractivity contribution in [1.82, 2.24) is 0 Å². The lowest BCUT2D eigenvalue weighted by Crippen LogP contribution is -2.28. The number of halogens is 2. The molecule has 150 valence electrons. The SMILES string of the molecule is O=C(c1ccccc1)[C@@H]1C(c2ccccc2[N+](=O)[O-])=NO[C@H]1c1ccc(Cl)c(Cl)c1. The van der Waals surface area contributed by atoms with Crippen molar-refractivity contribution >= 4 is 40.4 Å². The Morgan fingerprint density at radius 3 is 2.37 bits per heavy atom. The first-order valence-electron chi connectivity index (χ1n) is 8.99. The molecule has 0 saturated carbocycles. The fourth-order valence-corrected chi connectivity index (χ4v) is 3.73. The molecule has 2 atom stereocenters. The first-order valence-corrected chi connectivity index (χ1v) is 9.74. The normalized spacial score (nSPS) is 17.9. The standard InChI is InChI=1S/C22H14Cl2N2O4/c23-16-11-10-14(12-17(16)24)22-19(21(27)13-6-2-1-3-7-13)20(25-30-22)15-8-4-5-9-18(15)26(28)29/h1-12,19,22H/t19-,22-/m0/s1. The average molecular weight is 441 g/mol. The minimum absolute atomic E-state index is 0.152. The molecule has 1 heterocycles. The second kappa shape index (κ2) is 8.26. The van der Waals surface area contributed by atoms with Crippen LogP contribution in [0.2, 0.25) is 10.0 Å². The number of nitrogens with zero attached hydrogens (tertiary/aromatic N) is 2. The highest BCUT2D eigenvalue weighted by atomic mass is 35.5. The minimum Gasteiger partial charge on any atom is -0.386 e. The van der Waals surface area contributed by atoms with Crippen LogP contribution < -0.4 is 0 Å². The van der Waals surface area contributed by atoms with Crippen molar-refractivity contribution in [3.8, 4) is 0 Å². The van der Waals surface area contributed by atoms with Crippen molar-refractivity contribution in [1.29, 1.82) is 0 Å². The molecule has 0 unspecified atom stereocenters. The van der Waals surface area contributed by atoms with Gasteiger partial charge in [-0.05, 0) is 23.8 Å². The molecule has 0 bridgehead atoms. The second-order valence-electron chi connectivity index (χ2n) is 6.66. The molecule has 0 aromatic heterocycles. The summed E-state index contributed by atoms with van der Waals surface area (Å²) in [4.78, 5) is 30.1. The predicted octanol–water partition coefficient (Wildman–Crippen LogP) is 5.88. The van der Waals surface area contributed by atoms with Gasteiger partial charge in [-0.15, -0.1) is 0 Å². The van der Waals surface area contributed by atoms with E-state index in [1.165, 1.54) is 6.07 Å². The van der Waals surface area contributed by atoms with Crippen LogP contribution in [0.25, 0.3) is 0 Å². The van der Waals surface area contributed by atoms with Gasteiger partial charge in [-0.3, -0.25) is 14.9 Å². The molecular formula is C22H14Cl2N2O4. The summed E-state index contributed by atoms with van der Waals surface area (Å²) in [5.41, 5.74) is 1.33. The van der Waals surface area contributed by atoms with E-state index in [0.717, 1.165) is 0 Å². The van der Waals surface area contributed by atoms with Gasteiger partial charge in [-0.25, -0.2) is 0 Å². The Morgan fingerprint density at radius 1 is 0.967 bits per heavy atom. The van der Waals surface area contributed by atoms with Crippen LogP contribution in [0.1, 0.15) is 27.6 Å². The number of rotatable bonds is 5. The Hall–Kier alpha value is -3.22. The Balaban J connectivity index is 1.83. The first kappa shape index (κ1) is 20.1. The van der Waals surface area contributed by atoms with Gasteiger partial charge in [-0.1, -0.05) is 76.9 Å². The van der Waals surface area contributed by atoms with Crippen molar-refractivity contribution in [2.24, 2.45) is 11.1 Å². The number of carbonyl (C=O) groups excluding carboxylic acids is 1. The van der Waals surface area contributed by atoms with E-state index in [0.29, 0.717) is 21.2 Å². The van der Waals surface area contributed by atoms with Gasteiger partial charge in [-0.2, -0.15) is 0 Å². The van der Waals surface area contributed by atoms with Gasteiger partial charge in [0, 0.05) is 11.6 Å². The van der Waals surface area contributed by atoms with Crippen LogP contribution >= 0.6 is 23.2 Å². The summed E-state index contributed by atoms with van der Waals surface area (Å²) in [5.74, 6) is -1.16. The molecule has 3 aromatic carbocycles. The van der Waals surface area contributed by atoms with Crippen molar-refractivity contribution in [2.45, 2.75) is 6.10 Å². The summed E-state index contributed by atoms with van der Waals surface area (Å²) in [5, 5.41) is 16.3. The van der Waals surface area contributed by atoms with Crippen LogP contribution in [0.15, 0.2) is 78.0 Å². The molecule has 0 N–H and O–H groups in total. The Labute approximate surface area is 181 Å². The zero-order valence-electron chi connectivity index (χ0n) is 15.4. The Kier molecular flexibility index (Phi) is 5.53. The van der Waals surface area contributed by atoms with E-state index in [1.54, 1.807) is 66.7 Å². The number of para-hydroxylation sites is 1. The van der Waals surface area contributed by atoms with E-state index in [-0.39, 0.29) is 22.7 Å². The molecule has 3 aromatic rings. The zero-order valence-corrected chi connectivity index (χ0v) is 16.9. The number of hydrogen-bond donors (Lipinski definition) is 0. The van der Waals surface area contributed by atoms with Gasteiger partial charge in [0.05, 0.1) is 20.5 Å². The van der Waals surface area contributed by atoms with E-state index in [4.69, 9.17) is 28.0 Å². The summed E-state index contributed by atoms with van der Waals surface area (Å²) in [6.45, 7) is 0. The van der Waals surface area contributed by atoms with Gasteiger partial charge in [0.25, 0.3) is 5.69 Å². The lowest BCUT2D eigenvalue weighted by molar-refractivity contribution is -0.385. The van der Waals surface area contributed by atoms with Crippen molar-refractivity contribution < 1.29 is 14.6 Å². The number of ketones is 1. The molecule has 0 saturated heterocycles. The first-order chi connectivity index (χ1) is 14.5. The number of nitro benzene ring substituents is 1. The van der Waals surface area contributed by atoms with Crippen LogP contribution in [0.3, 0.4) is 0 Å². The smallest absolute Gasteiger partial charge is 0.278 e. The maximum absolute atomic E-state index is 13.5. The molecule has 0 radical (unpaired) electrons. The summed E-state index contributed by atoms with van der Waals surface area (Å²) in [6.07, 6.45) is -0.803. The maximum Gasteiger partial charge on any atom is 0.278 e. The summed E-state index contributed by atoms with van der Waals surface area (Å²) < 4.78 is 0. The molecule has 0 aliphatic carbocycles. The topological polar surface area (TPSA) is 81.8 Å². The van der Waals surface area contributed by atoms with E-state index in [9.17, 15) is 14.9 Å².